The first kappa shape index (κ1) is 13.7. The predicted molar refractivity (Wildman–Crippen MR) is 86.4 cm³/mol. The van der Waals surface area contributed by atoms with Crippen molar-refractivity contribution in [1.29, 1.82) is 0 Å². The molecule has 0 bridgehead atoms. The molecule has 0 spiro atoms. The molecule has 4 nitrogen and oxygen atoms in total. The fraction of sp³-hybridized carbons (Fsp3) is 0.0625. The SMILES string of the molecule is Cc1cc(Br)cc(NC(=O)c2ccc3nccnc3c2)c1. The smallest absolute Gasteiger partial charge is 0.255 e. The first-order valence-electron chi connectivity index (χ1n) is 6.41. The standard InChI is InChI=1S/C16H12BrN3O/c1-10-6-12(17)9-13(7-10)20-16(21)11-2-3-14-15(8-11)19-5-4-18-14/h2-9H,1H3,(H,20,21). The molecule has 0 saturated carbocycles. The van der Waals surface area contributed by atoms with Crippen molar-refractivity contribution in [1.82, 2.24) is 9.97 Å². The highest BCUT2D eigenvalue weighted by molar-refractivity contribution is 9.10. The van der Waals surface area contributed by atoms with Crippen LogP contribution in [0.15, 0.2) is 53.3 Å². The molecule has 0 aliphatic carbocycles. The van der Waals surface area contributed by atoms with Gasteiger partial charge in [-0.25, -0.2) is 0 Å². The van der Waals surface area contributed by atoms with Crippen molar-refractivity contribution in [3.05, 3.63) is 64.4 Å². The van der Waals surface area contributed by atoms with E-state index in [0.717, 1.165) is 21.2 Å². The number of amides is 1. The van der Waals surface area contributed by atoms with Gasteiger partial charge in [0, 0.05) is 28.1 Å². The van der Waals surface area contributed by atoms with Crippen LogP contribution in [0.4, 0.5) is 5.69 Å². The quantitative estimate of drug-likeness (QED) is 0.767. The van der Waals surface area contributed by atoms with E-state index >= 15 is 0 Å². The zero-order chi connectivity index (χ0) is 14.8. The number of rotatable bonds is 2. The maximum atomic E-state index is 12.3. The zero-order valence-corrected chi connectivity index (χ0v) is 12.9. The van der Waals surface area contributed by atoms with Gasteiger partial charge in [0.2, 0.25) is 0 Å². The summed E-state index contributed by atoms with van der Waals surface area (Å²) in [5, 5.41) is 2.89. The minimum atomic E-state index is -0.167. The molecule has 0 aliphatic heterocycles. The fourth-order valence-electron chi connectivity index (χ4n) is 2.12. The lowest BCUT2D eigenvalue weighted by molar-refractivity contribution is 0.102. The number of anilines is 1. The van der Waals surface area contributed by atoms with Gasteiger partial charge in [-0.15, -0.1) is 0 Å². The molecule has 1 N–H and O–H groups in total. The van der Waals surface area contributed by atoms with Crippen LogP contribution in [-0.2, 0) is 0 Å². The first-order valence-corrected chi connectivity index (χ1v) is 7.20. The van der Waals surface area contributed by atoms with Crippen molar-refractivity contribution in [3.63, 3.8) is 0 Å². The van der Waals surface area contributed by atoms with E-state index in [9.17, 15) is 4.79 Å². The number of hydrogen-bond donors (Lipinski definition) is 1. The second-order valence-corrected chi connectivity index (χ2v) is 5.65. The molecule has 0 atom stereocenters. The Hall–Kier alpha value is -2.27. The van der Waals surface area contributed by atoms with Crippen LogP contribution in [0.3, 0.4) is 0 Å². The number of aryl methyl sites for hydroxylation is 1. The van der Waals surface area contributed by atoms with Gasteiger partial charge >= 0.3 is 0 Å². The third-order valence-electron chi connectivity index (χ3n) is 3.03. The number of nitrogens with one attached hydrogen (secondary N) is 1. The summed E-state index contributed by atoms with van der Waals surface area (Å²) in [4.78, 5) is 20.7. The van der Waals surface area contributed by atoms with Crippen molar-refractivity contribution in [3.8, 4) is 0 Å². The summed E-state index contributed by atoms with van der Waals surface area (Å²) in [6.45, 7) is 1.98. The molecule has 0 unspecified atom stereocenters. The van der Waals surface area contributed by atoms with E-state index in [-0.39, 0.29) is 5.91 Å². The van der Waals surface area contributed by atoms with Crippen molar-refractivity contribution in [2.24, 2.45) is 0 Å². The third kappa shape index (κ3) is 3.08. The molecular formula is C16H12BrN3O. The van der Waals surface area contributed by atoms with Gasteiger partial charge < -0.3 is 5.32 Å². The van der Waals surface area contributed by atoms with Crippen molar-refractivity contribution >= 4 is 38.6 Å². The average molecular weight is 342 g/mol. The second kappa shape index (κ2) is 5.61. The van der Waals surface area contributed by atoms with E-state index in [1.165, 1.54) is 0 Å². The second-order valence-electron chi connectivity index (χ2n) is 4.73. The van der Waals surface area contributed by atoms with Crippen molar-refractivity contribution < 1.29 is 4.79 Å². The number of carbonyl (C=O) groups is 1. The molecule has 2 aromatic carbocycles. The van der Waals surface area contributed by atoms with Gasteiger partial charge in [0.05, 0.1) is 11.0 Å². The van der Waals surface area contributed by atoms with Gasteiger partial charge in [-0.3, -0.25) is 14.8 Å². The highest BCUT2D eigenvalue weighted by Gasteiger charge is 2.08. The van der Waals surface area contributed by atoms with Crippen LogP contribution in [0.25, 0.3) is 11.0 Å². The van der Waals surface area contributed by atoms with E-state index < -0.39 is 0 Å². The molecule has 5 heteroatoms. The number of nitrogens with zero attached hydrogens (tertiary/aromatic N) is 2. The first-order chi connectivity index (χ1) is 10.1. The number of halogens is 1. The van der Waals surface area contributed by atoms with Gasteiger partial charge in [0.25, 0.3) is 5.91 Å². The molecule has 3 aromatic rings. The Bertz CT molecular complexity index is 812. The molecule has 0 saturated heterocycles. The highest BCUT2D eigenvalue weighted by Crippen LogP contribution is 2.20. The van der Waals surface area contributed by atoms with Gasteiger partial charge in [-0.1, -0.05) is 15.9 Å². The molecule has 1 aromatic heterocycles. The normalized spacial score (nSPS) is 10.6. The van der Waals surface area contributed by atoms with E-state index in [1.807, 2.05) is 25.1 Å². The van der Waals surface area contributed by atoms with E-state index in [2.05, 4.69) is 31.2 Å². The summed E-state index contributed by atoms with van der Waals surface area (Å²) >= 11 is 3.42. The molecule has 1 heterocycles. The Morgan fingerprint density at radius 3 is 2.57 bits per heavy atom. The van der Waals surface area contributed by atoms with Gasteiger partial charge in [-0.05, 0) is 48.9 Å². The Kier molecular flexibility index (Phi) is 3.66. The third-order valence-corrected chi connectivity index (χ3v) is 3.49. The Morgan fingerprint density at radius 2 is 1.81 bits per heavy atom. The Morgan fingerprint density at radius 1 is 1.05 bits per heavy atom. The molecule has 3 rings (SSSR count). The minimum Gasteiger partial charge on any atom is -0.322 e. The fourth-order valence-corrected chi connectivity index (χ4v) is 2.72. The topological polar surface area (TPSA) is 54.9 Å². The van der Waals surface area contributed by atoms with Crippen LogP contribution in [0.1, 0.15) is 15.9 Å². The summed E-state index contributed by atoms with van der Waals surface area (Å²) in [7, 11) is 0. The van der Waals surface area contributed by atoms with Crippen LogP contribution in [0.2, 0.25) is 0 Å². The van der Waals surface area contributed by atoms with Crippen LogP contribution < -0.4 is 5.32 Å². The Labute approximate surface area is 130 Å². The predicted octanol–water partition coefficient (Wildman–Crippen LogP) is 3.95. The number of hydrogen-bond acceptors (Lipinski definition) is 3. The lowest BCUT2D eigenvalue weighted by Crippen LogP contribution is -2.12. The molecule has 0 aliphatic rings. The minimum absolute atomic E-state index is 0.167. The van der Waals surface area contributed by atoms with Crippen LogP contribution in [-0.4, -0.2) is 15.9 Å². The summed E-state index contributed by atoms with van der Waals surface area (Å²) in [6.07, 6.45) is 3.24. The zero-order valence-electron chi connectivity index (χ0n) is 11.3. The van der Waals surface area contributed by atoms with Crippen molar-refractivity contribution in [2.45, 2.75) is 6.92 Å². The number of aromatic nitrogens is 2. The lowest BCUT2D eigenvalue weighted by atomic mass is 10.1. The summed E-state index contributed by atoms with van der Waals surface area (Å²) in [6, 6.07) is 11.1. The molecule has 0 fully saturated rings. The maximum absolute atomic E-state index is 12.3. The summed E-state index contributed by atoms with van der Waals surface area (Å²) < 4.78 is 0.933. The highest BCUT2D eigenvalue weighted by atomic mass is 79.9. The summed E-state index contributed by atoms with van der Waals surface area (Å²) in [5.74, 6) is -0.167. The van der Waals surface area contributed by atoms with E-state index in [1.54, 1.807) is 30.6 Å². The van der Waals surface area contributed by atoms with Gasteiger partial charge in [0.15, 0.2) is 0 Å². The van der Waals surface area contributed by atoms with Gasteiger partial charge in [0.1, 0.15) is 0 Å². The number of carbonyl (C=O) groups excluding carboxylic acids is 1. The number of fused-ring (bicyclic) bond motifs is 1. The van der Waals surface area contributed by atoms with E-state index in [0.29, 0.717) is 11.1 Å². The van der Waals surface area contributed by atoms with Gasteiger partial charge in [-0.2, -0.15) is 0 Å². The largest absolute Gasteiger partial charge is 0.322 e. The Balaban J connectivity index is 1.89. The molecule has 1 amide bonds. The molecular weight excluding hydrogens is 330 g/mol. The molecule has 104 valence electrons. The van der Waals surface area contributed by atoms with Crippen LogP contribution in [0, 0.1) is 6.92 Å². The summed E-state index contributed by atoms with van der Waals surface area (Å²) in [5.41, 5.74) is 3.86. The number of benzene rings is 2. The van der Waals surface area contributed by atoms with Crippen molar-refractivity contribution in [2.75, 3.05) is 5.32 Å². The van der Waals surface area contributed by atoms with E-state index in [4.69, 9.17) is 0 Å². The molecule has 0 radical (unpaired) electrons. The van der Waals surface area contributed by atoms with Crippen LogP contribution >= 0.6 is 15.9 Å². The lowest BCUT2D eigenvalue weighted by Gasteiger charge is -2.07. The average Bonchev–Trinajstić information content (AvgIpc) is 2.45. The van der Waals surface area contributed by atoms with Crippen LogP contribution in [0.5, 0.6) is 0 Å². The molecule has 21 heavy (non-hydrogen) atoms. The monoisotopic (exact) mass is 341 g/mol. The maximum Gasteiger partial charge on any atom is 0.255 e.